The van der Waals surface area contributed by atoms with E-state index < -0.39 is 17.5 Å². The maximum atomic E-state index is 12.2. The average Bonchev–Trinajstić information content (AvgIpc) is 2.03. The summed E-state index contributed by atoms with van der Waals surface area (Å²) in [5.74, 6) is -0.718. The SMILES string of the molecule is CCc1ccc(O)c(C(F)(F)F)c1. The van der Waals surface area contributed by atoms with Crippen LogP contribution in [-0.2, 0) is 12.6 Å². The van der Waals surface area contributed by atoms with E-state index in [-0.39, 0.29) is 0 Å². The summed E-state index contributed by atoms with van der Waals surface area (Å²) in [7, 11) is 0. The first-order valence-electron chi connectivity index (χ1n) is 3.84. The van der Waals surface area contributed by atoms with Crippen molar-refractivity contribution in [3.8, 4) is 5.75 Å². The van der Waals surface area contributed by atoms with Crippen LogP contribution in [0, 0.1) is 0 Å². The molecule has 0 saturated carbocycles. The van der Waals surface area contributed by atoms with E-state index in [0.29, 0.717) is 12.0 Å². The van der Waals surface area contributed by atoms with Crippen molar-refractivity contribution in [3.63, 3.8) is 0 Å². The van der Waals surface area contributed by atoms with Gasteiger partial charge in [0.05, 0.1) is 5.56 Å². The molecule has 1 aromatic rings. The van der Waals surface area contributed by atoms with Gasteiger partial charge in [0.2, 0.25) is 0 Å². The van der Waals surface area contributed by atoms with Crippen LogP contribution in [0.1, 0.15) is 18.1 Å². The first kappa shape index (κ1) is 9.89. The number of rotatable bonds is 1. The van der Waals surface area contributed by atoms with Gasteiger partial charge in [-0.3, -0.25) is 0 Å². The van der Waals surface area contributed by atoms with Gasteiger partial charge < -0.3 is 5.11 Å². The van der Waals surface area contributed by atoms with E-state index in [4.69, 9.17) is 5.11 Å². The summed E-state index contributed by atoms with van der Waals surface area (Å²) >= 11 is 0. The minimum Gasteiger partial charge on any atom is -0.507 e. The van der Waals surface area contributed by atoms with Crippen LogP contribution in [0.3, 0.4) is 0 Å². The summed E-state index contributed by atoms with van der Waals surface area (Å²) in [4.78, 5) is 0. The van der Waals surface area contributed by atoms with Crippen LogP contribution in [0.4, 0.5) is 13.2 Å². The fourth-order valence-corrected chi connectivity index (χ4v) is 1.03. The van der Waals surface area contributed by atoms with Crippen molar-refractivity contribution in [2.75, 3.05) is 0 Å². The standard InChI is InChI=1S/C9H9F3O/c1-2-6-3-4-8(13)7(5-6)9(10,11)12/h3-5,13H,2H2,1H3. The second kappa shape index (κ2) is 3.28. The number of aromatic hydroxyl groups is 1. The Morgan fingerprint density at radius 1 is 1.31 bits per heavy atom. The molecule has 1 nitrogen and oxygen atoms in total. The number of halogens is 3. The summed E-state index contributed by atoms with van der Waals surface area (Å²) in [5, 5.41) is 8.95. The van der Waals surface area contributed by atoms with Crippen molar-refractivity contribution in [2.45, 2.75) is 19.5 Å². The fourth-order valence-electron chi connectivity index (χ4n) is 1.03. The molecule has 0 spiro atoms. The number of alkyl halides is 3. The Kier molecular flexibility index (Phi) is 2.50. The predicted octanol–water partition coefficient (Wildman–Crippen LogP) is 2.97. The quantitative estimate of drug-likeness (QED) is 0.721. The highest BCUT2D eigenvalue weighted by molar-refractivity contribution is 5.38. The zero-order valence-corrected chi connectivity index (χ0v) is 7.02. The summed E-state index contributed by atoms with van der Waals surface area (Å²) in [6, 6.07) is 3.52. The van der Waals surface area contributed by atoms with Crippen LogP contribution >= 0.6 is 0 Å². The molecule has 0 amide bonds. The Labute approximate surface area is 73.8 Å². The number of phenolic OH excluding ortho intramolecular Hbond substituents is 1. The van der Waals surface area contributed by atoms with Crippen molar-refractivity contribution >= 4 is 0 Å². The van der Waals surface area contributed by atoms with Crippen LogP contribution in [0.5, 0.6) is 5.75 Å². The third-order valence-corrected chi connectivity index (χ3v) is 1.77. The van der Waals surface area contributed by atoms with E-state index in [2.05, 4.69) is 0 Å². The van der Waals surface area contributed by atoms with Crippen molar-refractivity contribution < 1.29 is 18.3 Å². The lowest BCUT2D eigenvalue weighted by Gasteiger charge is -2.09. The lowest BCUT2D eigenvalue weighted by atomic mass is 10.1. The maximum Gasteiger partial charge on any atom is 0.419 e. The molecule has 0 aliphatic heterocycles. The van der Waals surface area contributed by atoms with E-state index in [9.17, 15) is 13.2 Å². The van der Waals surface area contributed by atoms with Crippen molar-refractivity contribution in [1.82, 2.24) is 0 Å². The van der Waals surface area contributed by atoms with Crippen LogP contribution in [0.2, 0.25) is 0 Å². The normalized spacial score (nSPS) is 11.7. The van der Waals surface area contributed by atoms with Crippen molar-refractivity contribution in [1.29, 1.82) is 0 Å². The lowest BCUT2D eigenvalue weighted by Crippen LogP contribution is -2.05. The van der Waals surface area contributed by atoms with E-state index in [0.717, 1.165) is 12.1 Å². The Bertz CT molecular complexity index is 304. The van der Waals surface area contributed by atoms with Gasteiger partial charge in [-0.25, -0.2) is 0 Å². The Morgan fingerprint density at radius 3 is 2.38 bits per heavy atom. The van der Waals surface area contributed by atoms with E-state index in [1.165, 1.54) is 6.07 Å². The van der Waals surface area contributed by atoms with Crippen molar-refractivity contribution in [2.24, 2.45) is 0 Å². The molecule has 0 bridgehead atoms. The second-order valence-corrected chi connectivity index (χ2v) is 2.70. The summed E-state index contributed by atoms with van der Waals surface area (Å²) < 4.78 is 36.6. The van der Waals surface area contributed by atoms with Gasteiger partial charge in [-0.05, 0) is 24.1 Å². The number of phenols is 1. The highest BCUT2D eigenvalue weighted by Gasteiger charge is 2.33. The minimum absolute atomic E-state index is 0.517. The van der Waals surface area contributed by atoms with Crippen LogP contribution in [0.15, 0.2) is 18.2 Å². The number of benzene rings is 1. The molecule has 0 heterocycles. The topological polar surface area (TPSA) is 20.2 Å². The lowest BCUT2D eigenvalue weighted by molar-refractivity contribution is -0.138. The number of hydrogen-bond donors (Lipinski definition) is 1. The monoisotopic (exact) mass is 190 g/mol. The molecule has 0 atom stereocenters. The van der Waals surface area contributed by atoms with Gasteiger partial charge in [-0.2, -0.15) is 13.2 Å². The molecule has 0 aromatic heterocycles. The number of aryl methyl sites for hydroxylation is 1. The third-order valence-electron chi connectivity index (χ3n) is 1.77. The van der Waals surface area contributed by atoms with Crippen LogP contribution in [-0.4, -0.2) is 5.11 Å². The first-order chi connectivity index (χ1) is 5.95. The largest absolute Gasteiger partial charge is 0.507 e. The van der Waals surface area contributed by atoms with Gasteiger partial charge in [0.1, 0.15) is 5.75 Å². The molecule has 1 rings (SSSR count). The summed E-state index contributed by atoms with van der Waals surface area (Å²) in [6.45, 7) is 1.76. The number of hydrogen-bond acceptors (Lipinski definition) is 1. The molecular weight excluding hydrogens is 181 g/mol. The highest BCUT2D eigenvalue weighted by Crippen LogP contribution is 2.35. The minimum atomic E-state index is -4.48. The van der Waals surface area contributed by atoms with E-state index in [1.54, 1.807) is 6.92 Å². The molecule has 0 unspecified atom stereocenters. The van der Waals surface area contributed by atoms with Gasteiger partial charge in [0.25, 0.3) is 0 Å². The molecule has 0 aliphatic carbocycles. The Balaban J connectivity index is 3.19. The highest BCUT2D eigenvalue weighted by atomic mass is 19.4. The van der Waals surface area contributed by atoms with Crippen molar-refractivity contribution in [3.05, 3.63) is 29.3 Å². The van der Waals surface area contributed by atoms with Gasteiger partial charge in [0.15, 0.2) is 0 Å². The molecule has 0 radical (unpaired) electrons. The Hall–Kier alpha value is -1.19. The zero-order chi connectivity index (χ0) is 10.1. The first-order valence-corrected chi connectivity index (χ1v) is 3.84. The second-order valence-electron chi connectivity index (χ2n) is 2.70. The van der Waals surface area contributed by atoms with Gasteiger partial charge in [0, 0.05) is 0 Å². The third kappa shape index (κ3) is 2.14. The van der Waals surface area contributed by atoms with Gasteiger partial charge in [-0.15, -0.1) is 0 Å². The molecule has 0 fully saturated rings. The van der Waals surface area contributed by atoms with E-state index in [1.807, 2.05) is 0 Å². The molecule has 1 N–H and O–H groups in total. The Morgan fingerprint density at radius 2 is 1.92 bits per heavy atom. The predicted molar refractivity (Wildman–Crippen MR) is 42.5 cm³/mol. The summed E-state index contributed by atoms with van der Waals surface area (Å²) in [6.07, 6.45) is -3.96. The van der Waals surface area contributed by atoms with E-state index >= 15 is 0 Å². The van der Waals surface area contributed by atoms with Crippen LogP contribution in [0.25, 0.3) is 0 Å². The molecule has 4 heteroatoms. The zero-order valence-electron chi connectivity index (χ0n) is 7.02. The fraction of sp³-hybridized carbons (Fsp3) is 0.333. The van der Waals surface area contributed by atoms with Crippen LogP contribution < -0.4 is 0 Å². The molecule has 72 valence electrons. The maximum absolute atomic E-state index is 12.2. The molecule has 0 saturated heterocycles. The molecule has 0 aliphatic rings. The molecular formula is C9H9F3O. The van der Waals surface area contributed by atoms with Gasteiger partial charge in [-0.1, -0.05) is 13.0 Å². The smallest absolute Gasteiger partial charge is 0.419 e. The van der Waals surface area contributed by atoms with Gasteiger partial charge >= 0.3 is 6.18 Å². The summed E-state index contributed by atoms with van der Waals surface area (Å²) in [5.41, 5.74) is -0.406. The molecule has 1 aromatic carbocycles. The molecule has 13 heavy (non-hydrogen) atoms. The average molecular weight is 190 g/mol.